The third kappa shape index (κ3) is 4.72. The molecule has 132 valence electrons. The van der Waals surface area contributed by atoms with Gasteiger partial charge in [-0.15, -0.1) is 0 Å². The maximum Gasteiger partial charge on any atom is 0.319 e. The van der Waals surface area contributed by atoms with Gasteiger partial charge >= 0.3 is 6.03 Å². The molecule has 0 unspecified atom stereocenters. The molecular weight excluding hydrogens is 312 g/mol. The van der Waals surface area contributed by atoms with Gasteiger partial charge in [-0.25, -0.2) is 9.78 Å². The number of pyridine rings is 1. The maximum atomic E-state index is 12.1. The van der Waals surface area contributed by atoms with Gasteiger partial charge in [0.15, 0.2) is 0 Å². The highest BCUT2D eigenvalue weighted by Crippen LogP contribution is 2.23. The standard InChI is InChI=1S/C20H26N4O/c1-2-24(18-11-7-4-8-12-18)19-14-13-17(15-21-19)23-20(25)22-16-9-5-3-6-10-16/h4,7-8,11-16H,2-3,5-6,9-10H2,1H3,(H2,22,23,25). The molecule has 2 aromatic rings. The minimum absolute atomic E-state index is 0.142. The Balaban J connectivity index is 1.60. The number of rotatable bonds is 5. The van der Waals surface area contributed by atoms with E-state index in [1.807, 2.05) is 30.3 Å². The number of anilines is 3. The topological polar surface area (TPSA) is 57.3 Å². The molecule has 1 heterocycles. The number of urea groups is 1. The van der Waals surface area contributed by atoms with E-state index < -0.39 is 0 Å². The number of carbonyl (C=O) groups excluding carboxylic acids is 1. The summed E-state index contributed by atoms with van der Waals surface area (Å²) < 4.78 is 0. The van der Waals surface area contributed by atoms with Gasteiger partial charge in [-0.2, -0.15) is 0 Å². The fraction of sp³-hybridized carbons (Fsp3) is 0.400. The quantitative estimate of drug-likeness (QED) is 0.831. The lowest BCUT2D eigenvalue weighted by Gasteiger charge is -2.23. The number of amides is 2. The molecule has 25 heavy (non-hydrogen) atoms. The summed E-state index contributed by atoms with van der Waals surface area (Å²) in [4.78, 5) is 18.8. The van der Waals surface area contributed by atoms with Gasteiger partial charge in [0.25, 0.3) is 0 Å². The SMILES string of the molecule is CCN(c1ccccc1)c1ccc(NC(=O)NC2CCCCC2)cn1. The van der Waals surface area contributed by atoms with Crippen LogP contribution in [0.4, 0.5) is 22.0 Å². The third-order valence-electron chi connectivity index (χ3n) is 4.61. The van der Waals surface area contributed by atoms with Crippen LogP contribution in [0.2, 0.25) is 0 Å². The molecule has 5 nitrogen and oxygen atoms in total. The van der Waals surface area contributed by atoms with Crippen LogP contribution in [0.25, 0.3) is 0 Å². The van der Waals surface area contributed by atoms with Gasteiger partial charge in [-0.05, 0) is 44.0 Å². The van der Waals surface area contributed by atoms with E-state index in [1.165, 1.54) is 19.3 Å². The molecule has 0 aliphatic heterocycles. The smallest absolute Gasteiger partial charge is 0.319 e. The van der Waals surface area contributed by atoms with Gasteiger partial charge < -0.3 is 15.5 Å². The average Bonchev–Trinajstić information content (AvgIpc) is 2.65. The lowest BCUT2D eigenvalue weighted by molar-refractivity contribution is 0.244. The minimum atomic E-state index is -0.142. The van der Waals surface area contributed by atoms with Crippen LogP contribution >= 0.6 is 0 Å². The van der Waals surface area contributed by atoms with Gasteiger partial charge in [0, 0.05) is 18.3 Å². The summed E-state index contributed by atoms with van der Waals surface area (Å²) in [5, 5.41) is 5.94. The number of hydrogen-bond acceptors (Lipinski definition) is 3. The van der Waals surface area contributed by atoms with E-state index in [9.17, 15) is 4.79 Å². The summed E-state index contributed by atoms with van der Waals surface area (Å²) >= 11 is 0. The molecular formula is C20H26N4O. The van der Waals surface area contributed by atoms with Crippen LogP contribution in [-0.2, 0) is 0 Å². The maximum absolute atomic E-state index is 12.1. The Hall–Kier alpha value is -2.56. The first kappa shape index (κ1) is 17.3. The Labute approximate surface area is 149 Å². The molecule has 3 rings (SSSR count). The van der Waals surface area contributed by atoms with Crippen LogP contribution in [-0.4, -0.2) is 23.6 Å². The van der Waals surface area contributed by atoms with Crippen molar-refractivity contribution in [2.24, 2.45) is 0 Å². The second-order valence-electron chi connectivity index (χ2n) is 6.42. The van der Waals surface area contributed by atoms with Crippen molar-refractivity contribution in [3.8, 4) is 0 Å². The number of nitrogens with zero attached hydrogens (tertiary/aromatic N) is 2. The first-order chi connectivity index (χ1) is 12.3. The van der Waals surface area contributed by atoms with E-state index in [0.29, 0.717) is 11.7 Å². The predicted molar refractivity (Wildman–Crippen MR) is 102 cm³/mol. The first-order valence-electron chi connectivity index (χ1n) is 9.12. The highest BCUT2D eigenvalue weighted by atomic mass is 16.2. The number of hydrogen-bond donors (Lipinski definition) is 2. The fourth-order valence-corrected chi connectivity index (χ4v) is 3.30. The molecule has 0 atom stereocenters. The van der Waals surface area contributed by atoms with Crippen molar-refractivity contribution in [1.82, 2.24) is 10.3 Å². The summed E-state index contributed by atoms with van der Waals surface area (Å²) in [5.74, 6) is 0.868. The third-order valence-corrected chi connectivity index (χ3v) is 4.61. The Morgan fingerprint density at radius 2 is 1.88 bits per heavy atom. The summed E-state index contributed by atoms with van der Waals surface area (Å²) in [5.41, 5.74) is 1.81. The molecule has 0 bridgehead atoms. The largest absolute Gasteiger partial charge is 0.335 e. The summed E-state index contributed by atoms with van der Waals surface area (Å²) in [6.07, 6.45) is 7.54. The van der Waals surface area contributed by atoms with Crippen LogP contribution < -0.4 is 15.5 Å². The van der Waals surface area contributed by atoms with Crippen molar-refractivity contribution >= 4 is 23.2 Å². The van der Waals surface area contributed by atoms with Crippen molar-refractivity contribution in [2.75, 3.05) is 16.8 Å². The average molecular weight is 338 g/mol. The van der Waals surface area contributed by atoms with Crippen molar-refractivity contribution < 1.29 is 4.79 Å². The van der Waals surface area contributed by atoms with Gasteiger partial charge in [-0.3, -0.25) is 0 Å². The summed E-state index contributed by atoms with van der Waals surface area (Å²) in [7, 11) is 0. The van der Waals surface area contributed by atoms with E-state index in [2.05, 4.69) is 39.6 Å². The first-order valence-corrected chi connectivity index (χ1v) is 9.12. The molecule has 1 aromatic carbocycles. The van der Waals surface area contributed by atoms with Crippen LogP contribution in [0.1, 0.15) is 39.0 Å². The van der Waals surface area contributed by atoms with Crippen LogP contribution in [0, 0.1) is 0 Å². The molecule has 0 spiro atoms. The zero-order valence-corrected chi connectivity index (χ0v) is 14.7. The van der Waals surface area contributed by atoms with E-state index in [0.717, 1.165) is 30.9 Å². The number of nitrogens with one attached hydrogen (secondary N) is 2. The van der Waals surface area contributed by atoms with Crippen molar-refractivity contribution in [3.05, 3.63) is 48.7 Å². The second-order valence-corrected chi connectivity index (χ2v) is 6.42. The van der Waals surface area contributed by atoms with Crippen LogP contribution in [0.5, 0.6) is 0 Å². The Morgan fingerprint density at radius 3 is 2.52 bits per heavy atom. The Bertz CT molecular complexity index is 666. The van der Waals surface area contributed by atoms with Crippen LogP contribution in [0.15, 0.2) is 48.7 Å². The van der Waals surface area contributed by atoms with E-state index in [1.54, 1.807) is 6.20 Å². The zero-order chi connectivity index (χ0) is 17.5. The molecule has 2 N–H and O–H groups in total. The molecule has 1 fully saturated rings. The lowest BCUT2D eigenvalue weighted by Crippen LogP contribution is -2.39. The monoisotopic (exact) mass is 338 g/mol. The minimum Gasteiger partial charge on any atom is -0.335 e. The molecule has 0 radical (unpaired) electrons. The van der Waals surface area contributed by atoms with E-state index >= 15 is 0 Å². The zero-order valence-electron chi connectivity index (χ0n) is 14.7. The fourth-order valence-electron chi connectivity index (χ4n) is 3.30. The van der Waals surface area contributed by atoms with Gasteiger partial charge in [0.05, 0.1) is 11.9 Å². The molecule has 5 heteroatoms. The predicted octanol–water partition coefficient (Wildman–Crippen LogP) is 4.69. The number of aromatic nitrogens is 1. The lowest BCUT2D eigenvalue weighted by atomic mass is 9.96. The molecule has 1 aliphatic carbocycles. The molecule has 0 saturated heterocycles. The molecule has 1 aromatic heterocycles. The van der Waals surface area contributed by atoms with Gasteiger partial charge in [0.1, 0.15) is 5.82 Å². The van der Waals surface area contributed by atoms with Crippen molar-refractivity contribution in [3.63, 3.8) is 0 Å². The molecule has 1 saturated carbocycles. The number of para-hydroxylation sites is 1. The highest BCUT2D eigenvalue weighted by Gasteiger charge is 2.15. The van der Waals surface area contributed by atoms with Gasteiger partial charge in [-0.1, -0.05) is 37.5 Å². The van der Waals surface area contributed by atoms with Crippen molar-refractivity contribution in [1.29, 1.82) is 0 Å². The number of benzene rings is 1. The van der Waals surface area contributed by atoms with E-state index in [-0.39, 0.29) is 6.03 Å². The summed E-state index contributed by atoms with van der Waals surface area (Å²) in [6.45, 7) is 2.92. The summed E-state index contributed by atoms with van der Waals surface area (Å²) in [6, 6.07) is 14.2. The molecule has 1 aliphatic rings. The normalized spacial score (nSPS) is 14.8. The van der Waals surface area contributed by atoms with Gasteiger partial charge in [0.2, 0.25) is 0 Å². The van der Waals surface area contributed by atoms with E-state index in [4.69, 9.17) is 0 Å². The Morgan fingerprint density at radius 1 is 1.12 bits per heavy atom. The molecule has 2 amide bonds. The number of carbonyl (C=O) groups is 1. The highest BCUT2D eigenvalue weighted by molar-refractivity contribution is 5.89. The van der Waals surface area contributed by atoms with Crippen molar-refractivity contribution in [2.45, 2.75) is 45.1 Å². The van der Waals surface area contributed by atoms with Crippen LogP contribution in [0.3, 0.4) is 0 Å². The second kappa shape index (κ2) is 8.51. The Kier molecular flexibility index (Phi) is 5.88.